The quantitative estimate of drug-likeness (QED) is 0.734. The molecular weight excluding hydrogens is 242 g/mol. The van der Waals surface area contributed by atoms with Crippen molar-refractivity contribution in [2.24, 2.45) is 0 Å². The Hall–Kier alpha value is -1.55. The lowest BCUT2D eigenvalue weighted by Gasteiger charge is -2.12. The molecule has 0 aliphatic heterocycles. The van der Waals surface area contributed by atoms with Gasteiger partial charge in [-0.1, -0.05) is 13.8 Å². The van der Waals surface area contributed by atoms with Crippen LogP contribution in [-0.4, -0.2) is 31.6 Å². The zero-order chi connectivity index (χ0) is 14.3. The number of ether oxygens (including phenoxy) is 2. The van der Waals surface area contributed by atoms with Gasteiger partial charge in [0, 0.05) is 11.6 Å². The first kappa shape index (κ1) is 15.5. The van der Waals surface area contributed by atoms with Gasteiger partial charge in [-0.25, -0.2) is 0 Å². The third-order valence-electron chi connectivity index (χ3n) is 2.54. The van der Waals surface area contributed by atoms with Crippen LogP contribution < -0.4 is 14.8 Å². The lowest BCUT2D eigenvalue weighted by molar-refractivity contribution is 0.0988. The summed E-state index contributed by atoms with van der Waals surface area (Å²) in [4.78, 5) is 12.0. The molecule has 0 heterocycles. The van der Waals surface area contributed by atoms with Crippen molar-refractivity contribution in [3.05, 3.63) is 23.8 Å². The van der Waals surface area contributed by atoms with E-state index in [0.717, 1.165) is 0 Å². The average molecular weight is 265 g/mol. The van der Waals surface area contributed by atoms with Crippen LogP contribution in [0.3, 0.4) is 0 Å². The molecular formula is C15H23NO3. The molecule has 4 nitrogen and oxygen atoms in total. The van der Waals surface area contributed by atoms with Gasteiger partial charge >= 0.3 is 0 Å². The zero-order valence-corrected chi connectivity index (χ0v) is 12.2. The van der Waals surface area contributed by atoms with Crippen LogP contribution in [0.5, 0.6) is 11.5 Å². The summed E-state index contributed by atoms with van der Waals surface area (Å²) in [7, 11) is 0. The summed E-state index contributed by atoms with van der Waals surface area (Å²) in [5.74, 6) is 1.36. The van der Waals surface area contributed by atoms with Gasteiger partial charge in [0.2, 0.25) is 0 Å². The Morgan fingerprint density at radius 2 is 1.79 bits per heavy atom. The highest BCUT2D eigenvalue weighted by molar-refractivity contribution is 5.98. The molecule has 1 aromatic carbocycles. The molecule has 1 aromatic rings. The van der Waals surface area contributed by atoms with Crippen molar-refractivity contribution in [2.75, 3.05) is 19.8 Å². The molecule has 106 valence electrons. The van der Waals surface area contributed by atoms with Gasteiger partial charge in [0.1, 0.15) is 0 Å². The standard InChI is InChI=1S/C15H23NO3/c1-5-18-14-8-7-12(9-15(14)19-6-2)13(17)10-16-11(3)4/h7-9,11,16H,5-6,10H2,1-4H3. The van der Waals surface area contributed by atoms with E-state index < -0.39 is 0 Å². The van der Waals surface area contributed by atoms with E-state index in [9.17, 15) is 4.79 Å². The van der Waals surface area contributed by atoms with Gasteiger partial charge in [-0.15, -0.1) is 0 Å². The fraction of sp³-hybridized carbons (Fsp3) is 0.533. The Labute approximate surface area is 115 Å². The molecule has 1 N–H and O–H groups in total. The molecule has 0 aliphatic carbocycles. The number of hydrogen-bond donors (Lipinski definition) is 1. The fourth-order valence-corrected chi connectivity index (χ4v) is 1.62. The van der Waals surface area contributed by atoms with E-state index in [2.05, 4.69) is 5.32 Å². The zero-order valence-electron chi connectivity index (χ0n) is 12.2. The van der Waals surface area contributed by atoms with Gasteiger partial charge in [0.05, 0.1) is 19.8 Å². The van der Waals surface area contributed by atoms with Crippen LogP contribution in [0.4, 0.5) is 0 Å². The molecule has 0 fully saturated rings. The third-order valence-corrected chi connectivity index (χ3v) is 2.54. The molecule has 0 unspecified atom stereocenters. The molecule has 4 heteroatoms. The number of rotatable bonds is 8. The van der Waals surface area contributed by atoms with Crippen LogP contribution in [0.1, 0.15) is 38.1 Å². The molecule has 0 aromatic heterocycles. The van der Waals surface area contributed by atoms with E-state index in [1.807, 2.05) is 27.7 Å². The average Bonchev–Trinajstić information content (AvgIpc) is 2.38. The molecule has 19 heavy (non-hydrogen) atoms. The van der Waals surface area contributed by atoms with Gasteiger partial charge in [-0.3, -0.25) is 4.79 Å². The van der Waals surface area contributed by atoms with Crippen LogP contribution in [0.15, 0.2) is 18.2 Å². The Bertz CT molecular complexity index is 416. The van der Waals surface area contributed by atoms with E-state index in [-0.39, 0.29) is 11.8 Å². The molecule has 1 rings (SSSR count). The van der Waals surface area contributed by atoms with Crippen molar-refractivity contribution in [2.45, 2.75) is 33.7 Å². The minimum absolute atomic E-state index is 0.0534. The number of carbonyl (C=O) groups excluding carboxylic acids is 1. The minimum Gasteiger partial charge on any atom is -0.490 e. The highest BCUT2D eigenvalue weighted by Crippen LogP contribution is 2.28. The van der Waals surface area contributed by atoms with E-state index >= 15 is 0 Å². The van der Waals surface area contributed by atoms with Crippen LogP contribution in [-0.2, 0) is 0 Å². The van der Waals surface area contributed by atoms with Crippen molar-refractivity contribution >= 4 is 5.78 Å². The molecule has 0 aliphatic rings. The van der Waals surface area contributed by atoms with Crippen molar-refractivity contribution in [3.63, 3.8) is 0 Å². The number of hydrogen-bond acceptors (Lipinski definition) is 4. The van der Waals surface area contributed by atoms with E-state index in [0.29, 0.717) is 36.8 Å². The molecule has 0 radical (unpaired) electrons. The number of nitrogens with one attached hydrogen (secondary N) is 1. The lowest BCUT2D eigenvalue weighted by atomic mass is 10.1. The topological polar surface area (TPSA) is 47.6 Å². The number of benzene rings is 1. The van der Waals surface area contributed by atoms with Crippen LogP contribution in [0, 0.1) is 0 Å². The molecule has 0 bridgehead atoms. The lowest BCUT2D eigenvalue weighted by Crippen LogP contribution is -2.29. The largest absolute Gasteiger partial charge is 0.490 e. The minimum atomic E-state index is 0.0534. The smallest absolute Gasteiger partial charge is 0.176 e. The summed E-state index contributed by atoms with van der Waals surface area (Å²) in [6, 6.07) is 5.60. The molecule has 0 saturated heterocycles. The fourth-order valence-electron chi connectivity index (χ4n) is 1.62. The van der Waals surface area contributed by atoms with E-state index in [1.165, 1.54) is 0 Å². The third kappa shape index (κ3) is 4.91. The summed E-state index contributed by atoms with van der Waals surface area (Å²) in [5.41, 5.74) is 0.639. The molecule has 0 amide bonds. The number of ketones is 1. The van der Waals surface area contributed by atoms with Gasteiger partial charge in [0.15, 0.2) is 17.3 Å². The van der Waals surface area contributed by atoms with Crippen LogP contribution >= 0.6 is 0 Å². The molecule has 0 atom stereocenters. The summed E-state index contributed by atoms with van der Waals surface area (Å²) in [5, 5.41) is 3.11. The highest BCUT2D eigenvalue weighted by Gasteiger charge is 2.11. The van der Waals surface area contributed by atoms with Gasteiger partial charge in [-0.2, -0.15) is 0 Å². The Morgan fingerprint density at radius 3 is 2.37 bits per heavy atom. The van der Waals surface area contributed by atoms with Crippen molar-refractivity contribution < 1.29 is 14.3 Å². The second-order valence-electron chi connectivity index (χ2n) is 4.49. The second kappa shape index (κ2) is 7.79. The van der Waals surface area contributed by atoms with Crippen molar-refractivity contribution in [1.29, 1.82) is 0 Å². The van der Waals surface area contributed by atoms with Crippen molar-refractivity contribution in [3.8, 4) is 11.5 Å². The van der Waals surface area contributed by atoms with Crippen LogP contribution in [0.25, 0.3) is 0 Å². The first-order valence-corrected chi connectivity index (χ1v) is 6.74. The Morgan fingerprint density at radius 1 is 1.16 bits per heavy atom. The van der Waals surface area contributed by atoms with Gasteiger partial charge < -0.3 is 14.8 Å². The van der Waals surface area contributed by atoms with E-state index in [1.54, 1.807) is 18.2 Å². The summed E-state index contributed by atoms with van der Waals surface area (Å²) in [6.45, 7) is 9.29. The van der Waals surface area contributed by atoms with E-state index in [4.69, 9.17) is 9.47 Å². The summed E-state index contributed by atoms with van der Waals surface area (Å²) >= 11 is 0. The first-order chi connectivity index (χ1) is 9.08. The van der Waals surface area contributed by atoms with Crippen molar-refractivity contribution in [1.82, 2.24) is 5.32 Å². The predicted molar refractivity (Wildman–Crippen MR) is 76.2 cm³/mol. The van der Waals surface area contributed by atoms with Gasteiger partial charge in [0.25, 0.3) is 0 Å². The SMILES string of the molecule is CCOc1ccc(C(=O)CNC(C)C)cc1OCC. The predicted octanol–water partition coefficient (Wildman–Crippen LogP) is 2.66. The summed E-state index contributed by atoms with van der Waals surface area (Å²) < 4.78 is 11.0. The maximum atomic E-state index is 12.0. The molecule has 0 saturated carbocycles. The Balaban J connectivity index is 2.84. The summed E-state index contributed by atoms with van der Waals surface area (Å²) in [6.07, 6.45) is 0. The maximum Gasteiger partial charge on any atom is 0.176 e. The normalized spacial score (nSPS) is 10.6. The maximum absolute atomic E-state index is 12.0. The molecule has 0 spiro atoms. The number of carbonyl (C=O) groups is 1. The van der Waals surface area contributed by atoms with Gasteiger partial charge in [-0.05, 0) is 32.0 Å². The number of Topliss-reactive ketones (excluding diaryl/α,β-unsaturated/α-hetero) is 1. The Kier molecular flexibility index (Phi) is 6.36. The monoisotopic (exact) mass is 265 g/mol. The second-order valence-corrected chi connectivity index (χ2v) is 4.49. The highest BCUT2D eigenvalue weighted by atomic mass is 16.5. The van der Waals surface area contributed by atoms with Crippen LogP contribution in [0.2, 0.25) is 0 Å². The first-order valence-electron chi connectivity index (χ1n) is 6.74.